The van der Waals surface area contributed by atoms with Crippen molar-refractivity contribution in [3.8, 4) is 0 Å². The van der Waals surface area contributed by atoms with Crippen LogP contribution in [0.25, 0.3) is 0 Å². The predicted octanol–water partition coefficient (Wildman–Crippen LogP) is 2.13. The van der Waals surface area contributed by atoms with E-state index in [2.05, 4.69) is 12.1 Å². The Hall–Kier alpha value is -0.870. The van der Waals surface area contributed by atoms with Gasteiger partial charge in [0.15, 0.2) is 9.84 Å². The molecule has 3 nitrogen and oxygen atoms in total. The molecule has 2 aliphatic carbocycles. The largest absolute Gasteiger partial charge is 0.373 e. The van der Waals surface area contributed by atoms with Crippen molar-refractivity contribution in [2.24, 2.45) is 11.8 Å². The van der Waals surface area contributed by atoms with Gasteiger partial charge in [-0.05, 0) is 18.4 Å². The van der Waals surface area contributed by atoms with Crippen LogP contribution >= 0.6 is 0 Å². The van der Waals surface area contributed by atoms with Crippen molar-refractivity contribution in [3.63, 3.8) is 0 Å². The van der Waals surface area contributed by atoms with E-state index in [0.717, 1.165) is 24.8 Å². The van der Waals surface area contributed by atoms with Crippen LogP contribution in [0.4, 0.5) is 0 Å². The van der Waals surface area contributed by atoms with Gasteiger partial charge in [0.05, 0.1) is 10.5 Å². The van der Waals surface area contributed by atoms with Crippen LogP contribution in [0.3, 0.4) is 0 Å². The number of ether oxygens (including phenoxy) is 1. The van der Waals surface area contributed by atoms with Crippen LogP contribution in [0.1, 0.15) is 24.8 Å². The summed E-state index contributed by atoms with van der Waals surface area (Å²) in [6, 6.07) is 10.2. The normalized spacial score (nSPS) is 45.7. The van der Waals surface area contributed by atoms with Gasteiger partial charge in [-0.1, -0.05) is 36.8 Å². The number of rotatable bonds is 2. The molecule has 1 spiro atoms. The Morgan fingerprint density at radius 2 is 1.74 bits per heavy atom. The first-order valence-electron chi connectivity index (χ1n) is 6.92. The summed E-state index contributed by atoms with van der Waals surface area (Å²) in [7, 11) is -1.11. The van der Waals surface area contributed by atoms with Crippen LogP contribution in [0.2, 0.25) is 0 Å². The number of fused-ring (bicyclic) bond motifs is 4. The van der Waals surface area contributed by atoms with Crippen LogP contribution in [-0.4, -0.2) is 26.0 Å². The van der Waals surface area contributed by atoms with Gasteiger partial charge in [-0.3, -0.25) is 0 Å². The van der Waals surface area contributed by atoms with Crippen molar-refractivity contribution in [2.45, 2.75) is 29.6 Å². The summed E-state index contributed by atoms with van der Waals surface area (Å²) >= 11 is 0. The van der Waals surface area contributed by atoms with Gasteiger partial charge in [-0.15, -0.1) is 0 Å². The van der Waals surface area contributed by atoms with E-state index in [1.807, 2.05) is 18.2 Å². The van der Waals surface area contributed by atoms with Crippen molar-refractivity contribution in [1.29, 1.82) is 0 Å². The summed E-state index contributed by atoms with van der Waals surface area (Å²) in [5, 5.41) is 0. The molecule has 1 aromatic rings. The maximum absolute atomic E-state index is 12.1. The zero-order chi connectivity index (χ0) is 13.3. The second kappa shape index (κ2) is 3.41. The van der Waals surface area contributed by atoms with Gasteiger partial charge < -0.3 is 4.74 Å². The van der Waals surface area contributed by atoms with E-state index in [0.29, 0.717) is 5.75 Å². The number of benzene rings is 1. The van der Waals surface area contributed by atoms with E-state index in [4.69, 9.17) is 4.74 Å². The molecule has 4 atom stereocenters. The van der Waals surface area contributed by atoms with Crippen LogP contribution in [0, 0.1) is 11.8 Å². The molecular formula is C15H18O3S. The van der Waals surface area contributed by atoms with Gasteiger partial charge >= 0.3 is 0 Å². The Labute approximate surface area is 113 Å². The predicted molar refractivity (Wildman–Crippen MR) is 72.5 cm³/mol. The molecule has 1 aromatic carbocycles. The average Bonchev–Trinajstić information content (AvgIpc) is 3.03. The lowest BCUT2D eigenvalue weighted by Crippen LogP contribution is -2.69. The molecule has 3 fully saturated rings. The molecule has 19 heavy (non-hydrogen) atoms. The van der Waals surface area contributed by atoms with Gasteiger partial charge in [-0.25, -0.2) is 8.42 Å². The minimum absolute atomic E-state index is 0.149. The fourth-order valence-electron chi connectivity index (χ4n) is 4.96. The quantitative estimate of drug-likeness (QED) is 0.778. The highest BCUT2D eigenvalue weighted by Crippen LogP contribution is 2.75. The molecule has 0 radical (unpaired) electrons. The fourth-order valence-corrected chi connectivity index (χ4v) is 7.64. The smallest absolute Gasteiger partial charge is 0.159 e. The molecule has 4 heteroatoms. The molecule has 0 N–H and O–H groups in total. The Kier molecular flexibility index (Phi) is 2.14. The first-order chi connectivity index (χ1) is 9.09. The van der Waals surface area contributed by atoms with Gasteiger partial charge in [-0.2, -0.15) is 0 Å². The lowest BCUT2D eigenvalue weighted by molar-refractivity contribution is -0.219. The van der Waals surface area contributed by atoms with E-state index < -0.39 is 14.6 Å². The first-order valence-corrected chi connectivity index (χ1v) is 8.58. The highest BCUT2D eigenvalue weighted by Gasteiger charge is 2.85. The molecule has 1 saturated heterocycles. The average molecular weight is 278 g/mol. The number of hydrogen-bond donors (Lipinski definition) is 0. The highest BCUT2D eigenvalue weighted by atomic mass is 32.2. The Balaban J connectivity index is 1.85. The maximum atomic E-state index is 12.1. The first kappa shape index (κ1) is 11.9. The standard InChI is InChI=1S/C15H18O3S/c1-18-15(11-6-3-2-4-7-11)12-8-5-9-13(15)14(12)10-19(14,16)17/h2-4,6-7,12-13H,5,8-10H2,1H3/t12-,13+,14?,15?. The summed E-state index contributed by atoms with van der Waals surface area (Å²) in [5.74, 6) is 0.681. The lowest BCUT2D eigenvalue weighted by atomic mass is 9.46. The Morgan fingerprint density at radius 3 is 2.21 bits per heavy atom. The van der Waals surface area contributed by atoms with Crippen molar-refractivity contribution in [3.05, 3.63) is 35.9 Å². The van der Waals surface area contributed by atoms with Crippen molar-refractivity contribution < 1.29 is 13.2 Å². The van der Waals surface area contributed by atoms with E-state index in [-0.39, 0.29) is 17.4 Å². The van der Waals surface area contributed by atoms with E-state index in [9.17, 15) is 8.42 Å². The van der Waals surface area contributed by atoms with Crippen LogP contribution in [0.15, 0.2) is 30.3 Å². The number of hydrogen-bond acceptors (Lipinski definition) is 3. The second-order valence-electron chi connectivity index (χ2n) is 6.11. The molecule has 102 valence electrons. The molecule has 4 rings (SSSR count). The molecule has 1 aliphatic heterocycles. The zero-order valence-electron chi connectivity index (χ0n) is 11.0. The molecule has 2 bridgehead atoms. The number of sulfone groups is 1. The van der Waals surface area contributed by atoms with E-state index in [1.54, 1.807) is 7.11 Å². The van der Waals surface area contributed by atoms with Crippen LogP contribution < -0.4 is 0 Å². The van der Waals surface area contributed by atoms with Crippen LogP contribution in [0.5, 0.6) is 0 Å². The molecule has 2 unspecified atom stereocenters. The molecule has 0 amide bonds. The van der Waals surface area contributed by atoms with Crippen molar-refractivity contribution >= 4 is 9.84 Å². The molecule has 3 aliphatic rings. The topological polar surface area (TPSA) is 43.4 Å². The van der Waals surface area contributed by atoms with Gasteiger partial charge in [0, 0.05) is 18.9 Å². The summed E-state index contributed by atoms with van der Waals surface area (Å²) < 4.78 is 29.6. The third-order valence-electron chi connectivity index (χ3n) is 5.67. The SMILES string of the molecule is COC1(c2ccccc2)[C@H]2CCC[C@@H]1C21CS1(=O)=O. The minimum Gasteiger partial charge on any atom is -0.373 e. The van der Waals surface area contributed by atoms with Gasteiger partial charge in [0.2, 0.25) is 0 Å². The maximum Gasteiger partial charge on any atom is 0.159 e. The fraction of sp³-hybridized carbons (Fsp3) is 0.600. The highest BCUT2D eigenvalue weighted by molar-refractivity contribution is 8.00. The van der Waals surface area contributed by atoms with E-state index >= 15 is 0 Å². The molecule has 0 aromatic heterocycles. The van der Waals surface area contributed by atoms with Gasteiger partial charge in [0.1, 0.15) is 5.60 Å². The minimum atomic E-state index is -2.85. The van der Waals surface area contributed by atoms with Crippen LogP contribution in [-0.2, 0) is 20.2 Å². The summed E-state index contributed by atoms with van der Waals surface area (Å²) in [5.41, 5.74) is 0.795. The molecular weight excluding hydrogens is 260 g/mol. The lowest BCUT2D eigenvalue weighted by Gasteiger charge is -2.63. The third-order valence-corrected chi connectivity index (χ3v) is 8.05. The zero-order valence-corrected chi connectivity index (χ0v) is 11.8. The number of methoxy groups -OCH3 is 1. The van der Waals surface area contributed by atoms with Gasteiger partial charge in [0.25, 0.3) is 0 Å². The van der Waals surface area contributed by atoms with Crippen molar-refractivity contribution in [2.75, 3.05) is 12.9 Å². The second-order valence-corrected chi connectivity index (χ2v) is 8.39. The molecule has 2 saturated carbocycles. The summed E-state index contributed by atoms with van der Waals surface area (Å²) in [6.45, 7) is 0. The van der Waals surface area contributed by atoms with E-state index in [1.165, 1.54) is 0 Å². The monoisotopic (exact) mass is 278 g/mol. The summed E-state index contributed by atoms with van der Waals surface area (Å²) in [6.07, 6.45) is 3.07. The molecule has 1 heterocycles. The summed E-state index contributed by atoms with van der Waals surface area (Å²) in [4.78, 5) is 0. The Morgan fingerprint density at radius 1 is 1.16 bits per heavy atom. The third kappa shape index (κ3) is 1.12. The Bertz CT molecular complexity index is 608. The van der Waals surface area contributed by atoms with Crippen molar-refractivity contribution in [1.82, 2.24) is 0 Å².